The molecule has 4 nitrogen and oxygen atoms in total. The van der Waals surface area contributed by atoms with Gasteiger partial charge in [0.15, 0.2) is 0 Å². The normalized spacial score (nSPS) is 18.1. The molecule has 0 unspecified atom stereocenters. The Balaban J connectivity index is 2.36. The van der Waals surface area contributed by atoms with Crippen molar-refractivity contribution in [3.8, 4) is 0 Å². The molecule has 0 aliphatic carbocycles. The monoisotopic (exact) mass is 157 g/mol. The highest BCUT2D eigenvalue weighted by Gasteiger charge is 2.28. The molecule has 0 radical (unpaired) electrons. The molecule has 0 atom stereocenters. The van der Waals surface area contributed by atoms with Crippen molar-refractivity contribution in [2.45, 2.75) is 6.42 Å². The van der Waals surface area contributed by atoms with Crippen LogP contribution in [0.5, 0.6) is 0 Å². The zero-order valence-corrected chi connectivity index (χ0v) is 6.50. The van der Waals surface area contributed by atoms with Gasteiger partial charge < -0.3 is 9.64 Å². The zero-order valence-electron chi connectivity index (χ0n) is 6.50. The maximum absolute atomic E-state index is 10.9. The summed E-state index contributed by atoms with van der Waals surface area (Å²) in [7, 11) is 1.57. The number of hydrogen-bond donors (Lipinski definition) is 0. The fourth-order valence-electron chi connectivity index (χ4n) is 1.04. The van der Waals surface area contributed by atoms with Gasteiger partial charge in [0.2, 0.25) is 5.78 Å². The topological polar surface area (TPSA) is 46.6 Å². The number of amides is 1. The molecule has 1 fully saturated rings. The van der Waals surface area contributed by atoms with E-state index in [1.165, 1.54) is 4.90 Å². The summed E-state index contributed by atoms with van der Waals surface area (Å²) in [6, 6.07) is 0. The molecule has 0 bridgehead atoms. The van der Waals surface area contributed by atoms with Crippen molar-refractivity contribution in [1.29, 1.82) is 0 Å². The standard InChI is InChI=1S/C7H11NO3/c1-11-5-4-8-3-2-6(9)7(8)10/h2-5H2,1H3. The van der Waals surface area contributed by atoms with Gasteiger partial charge in [0, 0.05) is 26.6 Å². The van der Waals surface area contributed by atoms with Gasteiger partial charge in [0.1, 0.15) is 0 Å². The molecule has 0 aromatic carbocycles. The van der Waals surface area contributed by atoms with Gasteiger partial charge in [-0.2, -0.15) is 0 Å². The summed E-state index contributed by atoms with van der Waals surface area (Å²) in [5.41, 5.74) is 0. The van der Waals surface area contributed by atoms with Gasteiger partial charge in [0.25, 0.3) is 5.91 Å². The summed E-state index contributed by atoms with van der Waals surface area (Å²) in [6.07, 6.45) is 0.364. The fraction of sp³-hybridized carbons (Fsp3) is 0.714. The molecule has 1 aliphatic heterocycles. The number of carbonyl (C=O) groups excluding carboxylic acids is 2. The molecule has 0 aromatic heterocycles. The number of carbonyl (C=O) groups is 2. The summed E-state index contributed by atoms with van der Waals surface area (Å²) in [6.45, 7) is 1.58. The van der Waals surface area contributed by atoms with Crippen molar-refractivity contribution in [3.05, 3.63) is 0 Å². The maximum Gasteiger partial charge on any atom is 0.290 e. The fourth-order valence-corrected chi connectivity index (χ4v) is 1.04. The van der Waals surface area contributed by atoms with E-state index in [1.54, 1.807) is 7.11 Å². The first-order valence-corrected chi connectivity index (χ1v) is 3.56. The van der Waals surface area contributed by atoms with E-state index in [0.29, 0.717) is 26.1 Å². The van der Waals surface area contributed by atoms with Crippen molar-refractivity contribution >= 4 is 11.7 Å². The molecule has 0 saturated carbocycles. The molecular formula is C7H11NO3. The molecule has 11 heavy (non-hydrogen) atoms. The summed E-state index contributed by atoms with van der Waals surface area (Å²) in [4.78, 5) is 23.2. The second kappa shape index (κ2) is 3.48. The first kappa shape index (κ1) is 8.20. The van der Waals surface area contributed by atoms with Crippen molar-refractivity contribution in [3.63, 3.8) is 0 Å². The Hall–Kier alpha value is -0.900. The predicted molar refractivity (Wildman–Crippen MR) is 38.1 cm³/mol. The van der Waals surface area contributed by atoms with Crippen LogP contribution in [0, 0.1) is 0 Å². The maximum atomic E-state index is 10.9. The largest absolute Gasteiger partial charge is 0.383 e. The lowest BCUT2D eigenvalue weighted by atomic mass is 10.3. The molecule has 0 spiro atoms. The van der Waals surface area contributed by atoms with E-state index in [0.717, 1.165) is 0 Å². The van der Waals surface area contributed by atoms with E-state index < -0.39 is 0 Å². The zero-order chi connectivity index (χ0) is 8.27. The van der Waals surface area contributed by atoms with Crippen LogP contribution in [0.1, 0.15) is 6.42 Å². The van der Waals surface area contributed by atoms with E-state index in [9.17, 15) is 9.59 Å². The number of likely N-dealkylation sites (tertiary alicyclic amines) is 1. The number of methoxy groups -OCH3 is 1. The summed E-state index contributed by atoms with van der Waals surface area (Å²) >= 11 is 0. The second-order valence-corrected chi connectivity index (χ2v) is 2.46. The molecule has 1 rings (SSSR count). The van der Waals surface area contributed by atoms with E-state index in [-0.39, 0.29) is 11.7 Å². The Morgan fingerprint density at radius 2 is 2.27 bits per heavy atom. The molecule has 4 heteroatoms. The molecule has 1 saturated heterocycles. The van der Waals surface area contributed by atoms with Crippen molar-refractivity contribution in [1.82, 2.24) is 4.90 Å². The molecule has 1 heterocycles. The van der Waals surface area contributed by atoms with Crippen LogP contribution in [0.4, 0.5) is 0 Å². The van der Waals surface area contributed by atoms with E-state index in [2.05, 4.69) is 0 Å². The quantitative estimate of drug-likeness (QED) is 0.515. The smallest absolute Gasteiger partial charge is 0.290 e. The first-order valence-electron chi connectivity index (χ1n) is 3.56. The van der Waals surface area contributed by atoms with E-state index in [4.69, 9.17) is 4.74 Å². The van der Waals surface area contributed by atoms with E-state index >= 15 is 0 Å². The molecule has 62 valence electrons. The van der Waals surface area contributed by atoms with Crippen molar-refractivity contribution < 1.29 is 14.3 Å². The van der Waals surface area contributed by atoms with Gasteiger partial charge in [-0.15, -0.1) is 0 Å². The minimum Gasteiger partial charge on any atom is -0.383 e. The summed E-state index contributed by atoms with van der Waals surface area (Å²) < 4.78 is 4.78. The lowest BCUT2D eigenvalue weighted by Crippen LogP contribution is -2.30. The number of hydrogen-bond acceptors (Lipinski definition) is 3. The van der Waals surface area contributed by atoms with Gasteiger partial charge in [-0.05, 0) is 0 Å². The van der Waals surface area contributed by atoms with Gasteiger partial charge in [0.05, 0.1) is 6.61 Å². The van der Waals surface area contributed by atoms with Crippen LogP contribution in [-0.2, 0) is 14.3 Å². The molecular weight excluding hydrogens is 146 g/mol. The van der Waals surface area contributed by atoms with Gasteiger partial charge in [-0.1, -0.05) is 0 Å². The first-order chi connectivity index (χ1) is 5.25. The highest BCUT2D eigenvalue weighted by Crippen LogP contribution is 2.04. The highest BCUT2D eigenvalue weighted by molar-refractivity contribution is 6.37. The Kier molecular flexibility index (Phi) is 2.59. The number of ether oxygens (including phenoxy) is 1. The van der Waals surface area contributed by atoms with Crippen LogP contribution in [0.2, 0.25) is 0 Å². The molecule has 0 aromatic rings. The van der Waals surface area contributed by atoms with Crippen LogP contribution in [0.25, 0.3) is 0 Å². The van der Waals surface area contributed by atoms with Gasteiger partial charge in [-0.3, -0.25) is 9.59 Å². The third-order valence-electron chi connectivity index (χ3n) is 1.70. The lowest BCUT2D eigenvalue weighted by Gasteiger charge is -2.12. The van der Waals surface area contributed by atoms with Gasteiger partial charge >= 0.3 is 0 Å². The number of ketones is 1. The van der Waals surface area contributed by atoms with Crippen LogP contribution in [-0.4, -0.2) is 43.4 Å². The van der Waals surface area contributed by atoms with Gasteiger partial charge in [-0.25, -0.2) is 0 Å². The van der Waals surface area contributed by atoms with Crippen LogP contribution in [0.3, 0.4) is 0 Å². The van der Waals surface area contributed by atoms with E-state index in [1.807, 2.05) is 0 Å². The molecule has 0 N–H and O–H groups in total. The minimum absolute atomic E-state index is 0.277. The summed E-state index contributed by atoms with van der Waals surface area (Å²) in [5, 5.41) is 0. The predicted octanol–water partition coefficient (Wildman–Crippen LogP) is -0.566. The van der Waals surface area contributed by atoms with Crippen LogP contribution >= 0.6 is 0 Å². The third kappa shape index (κ3) is 1.77. The van der Waals surface area contributed by atoms with Crippen LogP contribution in [0.15, 0.2) is 0 Å². The second-order valence-electron chi connectivity index (χ2n) is 2.46. The van der Waals surface area contributed by atoms with Crippen LogP contribution < -0.4 is 0 Å². The molecule has 1 aliphatic rings. The summed E-state index contributed by atoms with van der Waals surface area (Å²) in [5.74, 6) is -0.636. The lowest BCUT2D eigenvalue weighted by molar-refractivity contribution is -0.140. The SMILES string of the molecule is COCCN1CCC(=O)C1=O. The third-order valence-corrected chi connectivity index (χ3v) is 1.70. The number of nitrogens with zero attached hydrogens (tertiary/aromatic N) is 1. The average Bonchev–Trinajstić information content (AvgIpc) is 2.31. The number of rotatable bonds is 3. The Morgan fingerprint density at radius 3 is 2.73 bits per heavy atom. The average molecular weight is 157 g/mol. The number of Topliss-reactive ketones (excluding diaryl/α,β-unsaturated/α-hetero) is 1. The van der Waals surface area contributed by atoms with Crippen molar-refractivity contribution in [2.24, 2.45) is 0 Å². The Labute approximate surface area is 65.1 Å². The molecule has 1 amide bonds. The Morgan fingerprint density at radius 1 is 1.55 bits per heavy atom. The van der Waals surface area contributed by atoms with Crippen molar-refractivity contribution in [2.75, 3.05) is 26.8 Å². The Bertz CT molecular complexity index is 179. The highest BCUT2D eigenvalue weighted by atomic mass is 16.5. The minimum atomic E-state index is -0.359.